The van der Waals surface area contributed by atoms with E-state index in [1.54, 1.807) is 0 Å². The van der Waals surface area contributed by atoms with E-state index in [0.717, 1.165) is 37.8 Å². The van der Waals surface area contributed by atoms with Gasteiger partial charge >= 0.3 is 0 Å². The van der Waals surface area contributed by atoms with Gasteiger partial charge in [0.25, 0.3) is 0 Å². The molecule has 0 saturated heterocycles. The van der Waals surface area contributed by atoms with Gasteiger partial charge in [-0.2, -0.15) is 5.10 Å². The average molecular weight is 210 g/mol. The van der Waals surface area contributed by atoms with E-state index in [2.05, 4.69) is 12.0 Å². The molecule has 2 unspecified atom stereocenters. The lowest BCUT2D eigenvalue weighted by Gasteiger charge is -2.22. The molecule has 1 amide bonds. The summed E-state index contributed by atoms with van der Waals surface area (Å²) in [5.74, 6) is 0.0596. The number of carbonyl (C=O) groups excluding carboxylic acids is 1. The van der Waals surface area contributed by atoms with E-state index in [1.165, 1.54) is 5.01 Å². The summed E-state index contributed by atoms with van der Waals surface area (Å²) in [6.07, 6.45) is 4.67. The Morgan fingerprint density at radius 2 is 2.33 bits per heavy atom. The van der Waals surface area contributed by atoms with Gasteiger partial charge in [0.15, 0.2) is 0 Å². The van der Waals surface area contributed by atoms with Crippen molar-refractivity contribution >= 4 is 11.6 Å². The van der Waals surface area contributed by atoms with Crippen LogP contribution in [0, 0.1) is 0 Å². The topological polar surface area (TPSA) is 52.9 Å². The van der Waals surface area contributed by atoms with E-state index >= 15 is 0 Å². The minimum Gasteiger partial charge on any atom is -0.391 e. The van der Waals surface area contributed by atoms with Crippen LogP contribution in [0.2, 0.25) is 0 Å². The molecular weight excluding hydrogens is 192 g/mol. The molecule has 4 heteroatoms. The van der Waals surface area contributed by atoms with Crippen LogP contribution in [0.15, 0.2) is 5.10 Å². The number of carbonyl (C=O) groups is 1. The molecule has 4 nitrogen and oxygen atoms in total. The van der Waals surface area contributed by atoms with Crippen molar-refractivity contribution in [1.82, 2.24) is 5.01 Å². The van der Waals surface area contributed by atoms with E-state index in [9.17, 15) is 9.90 Å². The van der Waals surface area contributed by atoms with E-state index in [1.807, 2.05) is 0 Å². The Bertz CT molecular complexity index is 288. The fourth-order valence-electron chi connectivity index (χ4n) is 2.39. The third kappa shape index (κ3) is 2.04. The van der Waals surface area contributed by atoms with Gasteiger partial charge < -0.3 is 5.11 Å². The zero-order valence-electron chi connectivity index (χ0n) is 9.15. The molecule has 84 valence electrons. The van der Waals surface area contributed by atoms with Gasteiger partial charge in [-0.3, -0.25) is 4.79 Å². The second kappa shape index (κ2) is 4.31. The third-order valence-electron chi connectivity index (χ3n) is 3.16. The summed E-state index contributed by atoms with van der Waals surface area (Å²) in [6, 6.07) is -0.0631. The molecule has 0 spiro atoms. The first-order valence-corrected chi connectivity index (χ1v) is 5.79. The summed E-state index contributed by atoms with van der Waals surface area (Å²) in [4.78, 5) is 11.7. The number of rotatable bonds is 3. The first kappa shape index (κ1) is 10.6. The minimum atomic E-state index is -0.376. The van der Waals surface area contributed by atoms with E-state index in [-0.39, 0.29) is 18.1 Å². The van der Waals surface area contributed by atoms with Crippen molar-refractivity contribution in [3.8, 4) is 0 Å². The number of hydrogen-bond acceptors (Lipinski definition) is 3. The Labute approximate surface area is 90.0 Å². The van der Waals surface area contributed by atoms with Gasteiger partial charge in [-0.1, -0.05) is 13.3 Å². The summed E-state index contributed by atoms with van der Waals surface area (Å²) in [7, 11) is 0. The predicted molar refractivity (Wildman–Crippen MR) is 57.5 cm³/mol. The lowest BCUT2D eigenvalue weighted by Crippen LogP contribution is -2.38. The first-order valence-electron chi connectivity index (χ1n) is 5.79. The molecule has 0 aromatic heterocycles. The van der Waals surface area contributed by atoms with Crippen molar-refractivity contribution in [2.45, 2.75) is 57.6 Å². The highest BCUT2D eigenvalue weighted by atomic mass is 16.3. The van der Waals surface area contributed by atoms with Crippen molar-refractivity contribution in [3.63, 3.8) is 0 Å². The Morgan fingerprint density at radius 1 is 1.53 bits per heavy atom. The van der Waals surface area contributed by atoms with Crippen LogP contribution in [0.4, 0.5) is 0 Å². The Kier molecular flexibility index (Phi) is 3.05. The average Bonchev–Trinajstić information content (AvgIpc) is 2.73. The van der Waals surface area contributed by atoms with Crippen LogP contribution in [0.5, 0.6) is 0 Å². The molecule has 1 aliphatic heterocycles. The molecule has 15 heavy (non-hydrogen) atoms. The van der Waals surface area contributed by atoms with Crippen molar-refractivity contribution in [3.05, 3.63) is 0 Å². The van der Waals surface area contributed by atoms with Gasteiger partial charge in [0.1, 0.15) is 0 Å². The number of nitrogens with zero attached hydrogens (tertiary/aromatic N) is 2. The van der Waals surface area contributed by atoms with Gasteiger partial charge in [0.05, 0.1) is 18.6 Å². The zero-order valence-corrected chi connectivity index (χ0v) is 9.15. The maximum atomic E-state index is 11.7. The highest BCUT2D eigenvalue weighted by molar-refractivity contribution is 6.05. The Morgan fingerprint density at radius 3 is 2.93 bits per heavy atom. The fourth-order valence-corrected chi connectivity index (χ4v) is 2.39. The molecule has 0 aromatic rings. The van der Waals surface area contributed by atoms with Crippen LogP contribution < -0.4 is 0 Å². The maximum absolute atomic E-state index is 11.7. The van der Waals surface area contributed by atoms with Crippen LogP contribution in [0.25, 0.3) is 0 Å². The standard InChI is InChI=1S/C11H18N2O2/c1-2-4-8-7-11(15)13(12-8)9-5-3-6-10(9)14/h9-10,14H,2-7H2,1H3. The summed E-state index contributed by atoms with van der Waals surface area (Å²) in [5.41, 5.74) is 0.974. The Balaban J connectivity index is 2.05. The molecule has 1 saturated carbocycles. The molecule has 1 aliphatic carbocycles. The molecule has 1 heterocycles. The van der Waals surface area contributed by atoms with Crippen LogP contribution in [0.1, 0.15) is 45.4 Å². The number of aliphatic hydroxyl groups excluding tert-OH is 1. The summed E-state index contributed by atoms with van der Waals surface area (Å²) < 4.78 is 0. The normalized spacial score (nSPS) is 31.2. The van der Waals surface area contributed by atoms with Gasteiger partial charge in [-0.05, 0) is 25.7 Å². The number of hydrogen-bond donors (Lipinski definition) is 1. The van der Waals surface area contributed by atoms with Gasteiger partial charge in [-0.25, -0.2) is 5.01 Å². The molecule has 2 atom stereocenters. The van der Waals surface area contributed by atoms with Crippen LogP contribution in [-0.4, -0.2) is 33.9 Å². The van der Waals surface area contributed by atoms with Crippen molar-refractivity contribution in [2.24, 2.45) is 5.10 Å². The maximum Gasteiger partial charge on any atom is 0.248 e. The molecule has 2 aliphatic rings. The molecule has 2 rings (SSSR count). The zero-order chi connectivity index (χ0) is 10.8. The molecular formula is C11H18N2O2. The van der Waals surface area contributed by atoms with Gasteiger partial charge in [-0.15, -0.1) is 0 Å². The lowest BCUT2D eigenvalue weighted by atomic mass is 10.1. The molecule has 1 fully saturated rings. The van der Waals surface area contributed by atoms with E-state index in [4.69, 9.17) is 0 Å². The van der Waals surface area contributed by atoms with E-state index in [0.29, 0.717) is 6.42 Å². The SMILES string of the molecule is CCCC1=NN(C2CCCC2O)C(=O)C1. The molecule has 0 bridgehead atoms. The number of aliphatic hydroxyl groups is 1. The summed E-state index contributed by atoms with van der Waals surface area (Å²) in [5, 5.41) is 15.6. The highest BCUT2D eigenvalue weighted by Crippen LogP contribution is 2.27. The monoisotopic (exact) mass is 210 g/mol. The van der Waals surface area contributed by atoms with Crippen LogP contribution >= 0.6 is 0 Å². The first-order chi connectivity index (χ1) is 7.22. The summed E-state index contributed by atoms with van der Waals surface area (Å²) >= 11 is 0. The van der Waals surface area contributed by atoms with Crippen molar-refractivity contribution in [1.29, 1.82) is 0 Å². The smallest absolute Gasteiger partial charge is 0.248 e. The summed E-state index contributed by atoms with van der Waals surface area (Å²) in [6.45, 7) is 2.08. The Hall–Kier alpha value is -0.900. The van der Waals surface area contributed by atoms with E-state index < -0.39 is 0 Å². The van der Waals surface area contributed by atoms with Crippen LogP contribution in [-0.2, 0) is 4.79 Å². The predicted octanol–water partition coefficient (Wildman–Crippen LogP) is 1.29. The van der Waals surface area contributed by atoms with Crippen LogP contribution in [0.3, 0.4) is 0 Å². The lowest BCUT2D eigenvalue weighted by molar-refractivity contribution is -0.132. The van der Waals surface area contributed by atoms with Crippen molar-refractivity contribution < 1.29 is 9.90 Å². The number of hydrazone groups is 1. The molecule has 0 radical (unpaired) electrons. The third-order valence-corrected chi connectivity index (χ3v) is 3.16. The second-order valence-corrected chi connectivity index (χ2v) is 4.40. The van der Waals surface area contributed by atoms with Gasteiger partial charge in [0, 0.05) is 5.71 Å². The molecule has 0 aromatic carbocycles. The fraction of sp³-hybridized carbons (Fsp3) is 0.818. The second-order valence-electron chi connectivity index (χ2n) is 4.40. The molecule has 1 N–H and O–H groups in total. The van der Waals surface area contributed by atoms with Crippen molar-refractivity contribution in [2.75, 3.05) is 0 Å². The number of amides is 1. The largest absolute Gasteiger partial charge is 0.391 e. The minimum absolute atomic E-state index is 0.0596. The highest BCUT2D eigenvalue weighted by Gasteiger charge is 2.36. The van der Waals surface area contributed by atoms with Gasteiger partial charge in [0.2, 0.25) is 5.91 Å². The quantitative estimate of drug-likeness (QED) is 0.763.